The molecule has 5 rings (SSSR count). The van der Waals surface area contributed by atoms with Gasteiger partial charge in [0, 0.05) is 36.7 Å². The second-order valence-electron chi connectivity index (χ2n) is 7.13. The molecule has 0 radical (unpaired) electrons. The van der Waals surface area contributed by atoms with Crippen molar-refractivity contribution >= 4 is 11.7 Å². The molecule has 0 spiro atoms. The van der Waals surface area contributed by atoms with E-state index >= 15 is 0 Å². The molecule has 2 aromatic carbocycles. The average molecular weight is 375 g/mol. The van der Waals surface area contributed by atoms with Crippen molar-refractivity contribution in [1.82, 2.24) is 9.47 Å². The SMILES string of the molecule is Cc1ccc([C@H]2c3cccn3CCN2C(=O)Nc2ccc3c(c2)OCO3)cc1. The molecular weight excluding hydrogens is 354 g/mol. The van der Waals surface area contributed by atoms with Crippen molar-refractivity contribution in [3.63, 3.8) is 0 Å². The van der Waals surface area contributed by atoms with Crippen LogP contribution in [-0.2, 0) is 6.54 Å². The highest BCUT2D eigenvalue weighted by Gasteiger charge is 2.32. The quantitative estimate of drug-likeness (QED) is 0.732. The van der Waals surface area contributed by atoms with Gasteiger partial charge in [-0.3, -0.25) is 0 Å². The van der Waals surface area contributed by atoms with Crippen LogP contribution in [-0.4, -0.2) is 28.8 Å². The predicted molar refractivity (Wildman–Crippen MR) is 106 cm³/mol. The summed E-state index contributed by atoms with van der Waals surface area (Å²) in [5, 5.41) is 3.02. The maximum Gasteiger partial charge on any atom is 0.322 e. The van der Waals surface area contributed by atoms with E-state index in [9.17, 15) is 4.79 Å². The van der Waals surface area contributed by atoms with Crippen LogP contribution >= 0.6 is 0 Å². The molecule has 2 amide bonds. The zero-order chi connectivity index (χ0) is 19.1. The first-order valence-electron chi connectivity index (χ1n) is 9.38. The predicted octanol–water partition coefficient (Wildman–Crippen LogP) is 4.16. The molecule has 0 saturated heterocycles. The van der Waals surface area contributed by atoms with Gasteiger partial charge >= 0.3 is 6.03 Å². The van der Waals surface area contributed by atoms with E-state index < -0.39 is 0 Å². The van der Waals surface area contributed by atoms with Crippen molar-refractivity contribution in [2.45, 2.75) is 19.5 Å². The summed E-state index contributed by atoms with van der Waals surface area (Å²) in [6.07, 6.45) is 2.07. The number of hydrogen-bond donors (Lipinski definition) is 1. The lowest BCUT2D eigenvalue weighted by atomic mass is 9.99. The Hall–Kier alpha value is -3.41. The lowest BCUT2D eigenvalue weighted by molar-refractivity contribution is 0.174. The fraction of sp³-hybridized carbons (Fsp3) is 0.227. The molecule has 6 heteroatoms. The van der Waals surface area contributed by atoms with E-state index in [0.717, 1.165) is 17.8 Å². The van der Waals surface area contributed by atoms with Crippen LogP contribution in [0.25, 0.3) is 0 Å². The van der Waals surface area contributed by atoms with Crippen LogP contribution in [0.3, 0.4) is 0 Å². The molecule has 28 heavy (non-hydrogen) atoms. The van der Waals surface area contributed by atoms with Crippen LogP contribution in [0.15, 0.2) is 60.8 Å². The zero-order valence-corrected chi connectivity index (χ0v) is 15.6. The molecule has 0 aliphatic carbocycles. The van der Waals surface area contributed by atoms with Gasteiger partial charge in [0.1, 0.15) is 0 Å². The second-order valence-corrected chi connectivity index (χ2v) is 7.13. The average Bonchev–Trinajstić information content (AvgIpc) is 3.36. The molecule has 1 atom stereocenters. The lowest BCUT2D eigenvalue weighted by Gasteiger charge is -2.37. The van der Waals surface area contributed by atoms with E-state index in [0.29, 0.717) is 23.7 Å². The normalized spacial score (nSPS) is 17.3. The molecular formula is C22H21N3O3. The van der Waals surface area contributed by atoms with E-state index in [-0.39, 0.29) is 18.9 Å². The molecule has 142 valence electrons. The Morgan fingerprint density at radius 3 is 2.71 bits per heavy atom. The molecule has 3 aromatic rings. The van der Waals surface area contributed by atoms with Crippen LogP contribution in [0, 0.1) is 6.92 Å². The summed E-state index contributed by atoms with van der Waals surface area (Å²) in [7, 11) is 0. The number of carbonyl (C=O) groups excluding carboxylic acids is 1. The highest BCUT2D eigenvalue weighted by Crippen LogP contribution is 2.36. The van der Waals surface area contributed by atoms with Gasteiger partial charge in [-0.05, 0) is 36.8 Å². The largest absolute Gasteiger partial charge is 0.454 e. The molecule has 2 aliphatic rings. The minimum atomic E-state index is -0.128. The number of aryl methyl sites for hydroxylation is 1. The van der Waals surface area contributed by atoms with Crippen LogP contribution in [0.4, 0.5) is 10.5 Å². The summed E-state index contributed by atoms with van der Waals surface area (Å²) >= 11 is 0. The van der Waals surface area contributed by atoms with Gasteiger partial charge in [0.15, 0.2) is 11.5 Å². The van der Waals surface area contributed by atoms with E-state index in [1.165, 1.54) is 5.56 Å². The van der Waals surface area contributed by atoms with Crippen molar-refractivity contribution in [2.24, 2.45) is 0 Å². The minimum absolute atomic E-state index is 0.127. The Morgan fingerprint density at radius 1 is 1.04 bits per heavy atom. The standard InChI is InChI=1S/C22H21N3O3/c1-15-4-6-16(7-5-15)21-18-3-2-10-24(18)11-12-25(21)22(26)23-17-8-9-19-20(13-17)28-14-27-19/h2-10,13,21H,11-12,14H2,1H3,(H,23,26)/t21-/m0/s1. The number of urea groups is 1. The number of benzene rings is 2. The van der Waals surface area contributed by atoms with Gasteiger partial charge in [0.05, 0.1) is 6.04 Å². The summed E-state index contributed by atoms with van der Waals surface area (Å²) in [6.45, 7) is 3.69. The van der Waals surface area contributed by atoms with E-state index in [1.807, 2.05) is 23.1 Å². The third kappa shape index (κ3) is 2.87. The van der Waals surface area contributed by atoms with Crippen molar-refractivity contribution < 1.29 is 14.3 Å². The van der Waals surface area contributed by atoms with Gasteiger partial charge < -0.3 is 24.3 Å². The van der Waals surface area contributed by atoms with Crippen LogP contribution in [0.1, 0.15) is 22.9 Å². The Kier molecular flexibility index (Phi) is 3.97. The molecule has 0 fully saturated rings. The highest BCUT2D eigenvalue weighted by molar-refractivity contribution is 5.90. The third-order valence-electron chi connectivity index (χ3n) is 5.32. The molecule has 0 unspecified atom stereocenters. The number of amides is 2. The summed E-state index contributed by atoms with van der Waals surface area (Å²) in [5.41, 5.74) is 4.12. The number of hydrogen-bond acceptors (Lipinski definition) is 3. The first-order chi connectivity index (χ1) is 13.7. The highest BCUT2D eigenvalue weighted by atomic mass is 16.7. The van der Waals surface area contributed by atoms with Gasteiger partial charge in [0.25, 0.3) is 0 Å². The number of anilines is 1. The number of nitrogens with zero attached hydrogens (tertiary/aromatic N) is 2. The number of ether oxygens (including phenoxy) is 2. The summed E-state index contributed by atoms with van der Waals surface area (Å²) in [4.78, 5) is 15.1. The topological polar surface area (TPSA) is 55.7 Å². The Morgan fingerprint density at radius 2 is 1.86 bits per heavy atom. The van der Waals surface area contributed by atoms with E-state index in [1.54, 1.807) is 6.07 Å². The number of nitrogens with one attached hydrogen (secondary N) is 1. The molecule has 0 saturated carbocycles. The number of aromatic nitrogens is 1. The maximum atomic E-state index is 13.2. The Balaban J connectivity index is 1.45. The molecule has 2 aliphatic heterocycles. The van der Waals surface area contributed by atoms with Crippen molar-refractivity contribution in [1.29, 1.82) is 0 Å². The first kappa shape index (κ1) is 16.7. The van der Waals surface area contributed by atoms with Gasteiger partial charge in [0.2, 0.25) is 6.79 Å². The van der Waals surface area contributed by atoms with Gasteiger partial charge in [-0.2, -0.15) is 0 Å². The second kappa shape index (κ2) is 6.64. The monoisotopic (exact) mass is 375 g/mol. The number of carbonyl (C=O) groups is 1. The summed E-state index contributed by atoms with van der Waals surface area (Å²) in [5.74, 6) is 1.35. The molecule has 3 heterocycles. The molecule has 6 nitrogen and oxygen atoms in total. The lowest BCUT2D eigenvalue weighted by Crippen LogP contribution is -2.44. The van der Waals surface area contributed by atoms with E-state index in [4.69, 9.17) is 9.47 Å². The number of rotatable bonds is 2. The van der Waals surface area contributed by atoms with Gasteiger partial charge in [-0.1, -0.05) is 29.8 Å². The van der Waals surface area contributed by atoms with Crippen molar-refractivity contribution in [3.8, 4) is 11.5 Å². The van der Waals surface area contributed by atoms with Crippen molar-refractivity contribution in [2.75, 3.05) is 18.7 Å². The molecule has 0 bridgehead atoms. The van der Waals surface area contributed by atoms with Gasteiger partial charge in [-0.15, -0.1) is 0 Å². The minimum Gasteiger partial charge on any atom is -0.454 e. The van der Waals surface area contributed by atoms with Crippen molar-refractivity contribution in [3.05, 3.63) is 77.6 Å². The zero-order valence-electron chi connectivity index (χ0n) is 15.6. The molecule has 1 aromatic heterocycles. The molecule has 1 N–H and O–H groups in total. The summed E-state index contributed by atoms with van der Waals surface area (Å²) in [6, 6.07) is 17.7. The fourth-order valence-corrected chi connectivity index (χ4v) is 3.87. The maximum absolute atomic E-state index is 13.2. The Labute approximate surface area is 163 Å². The van der Waals surface area contributed by atoms with Gasteiger partial charge in [-0.25, -0.2) is 4.79 Å². The smallest absolute Gasteiger partial charge is 0.322 e. The van der Waals surface area contributed by atoms with E-state index in [2.05, 4.69) is 53.3 Å². The summed E-state index contributed by atoms with van der Waals surface area (Å²) < 4.78 is 13.0. The third-order valence-corrected chi connectivity index (χ3v) is 5.32. The van der Waals surface area contributed by atoms with Crippen LogP contribution in [0.5, 0.6) is 11.5 Å². The Bertz CT molecular complexity index is 1030. The van der Waals surface area contributed by atoms with Crippen LogP contribution < -0.4 is 14.8 Å². The number of fused-ring (bicyclic) bond motifs is 2. The fourth-order valence-electron chi connectivity index (χ4n) is 3.87. The van der Waals surface area contributed by atoms with Crippen LogP contribution in [0.2, 0.25) is 0 Å². The first-order valence-corrected chi connectivity index (χ1v) is 9.38.